The summed E-state index contributed by atoms with van der Waals surface area (Å²) in [6.07, 6.45) is 3.53. The molecule has 1 saturated heterocycles. The Hall–Kier alpha value is -2.11. The summed E-state index contributed by atoms with van der Waals surface area (Å²) < 4.78 is 13.1. The molecule has 1 atom stereocenters. The number of amides is 1. The average molecular weight is 340 g/mol. The Morgan fingerprint density at radius 2 is 1.76 bits per heavy atom. The zero-order valence-electron chi connectivity index (χ0n) is 14.9. The van der Waals surface area contributed by atoms with E-state index in [0.29, 0.717) is 0 Å². The molecule has 1 unspecified atom stereocenters. The topological polar surface area (TPSA) is 43.7 Å². The molecule has 1 aliphatic carbocycles. The molecular weight excluding hydrogens is 316 g/mol. The number of nitrogens with zero attached hydrogens (tertiary/aromatic N) is 2. The summed E-state index contributed by atoms with van der Waals surface area (Å²) in [5.41, 5.74) is 1.94. The van der Waals surface area contributed by atoms with Crippen LogP contribution in [0.3, 0.4) is 0 Å². The predicted molar refractivity (Wildman–Crippen MR) is 94.0 cm³/mol. The third-order valence-electron chi connectivity index (χ3n) is 5.90. The SMILES string of the molecule is COC1(OC)CC2(CN(C(=O)c3cccn3C)C2c2ccccc2)C1. The van der Waals surface area contributed by atoms with Gasteiger partial charge < -0.3 is 18.9 Å². The van der Waals surface area contributed by atoms with Gasteiger partial charge in [-0.2, -0.15) is 0 Å². The van der Waals surface area contributed by atoms with Crippen LogP contribution in [-0.4, -0.2) is 41.9 Å². The van der Waals surface area contributed by atoms with Crippen molar-refractivity contribution in [3.05, 3.63) is 59.9 Å². The highest BCUT2D eigenvalue weighted by Gasteiger charge is 2.67. The standard InChI is InChI=1S/C20H24N2O3/c1-21-11-7-10-16(21)18(23)22-14-19(12-20(13-19,24-2)25-3)17(22)15-8-5-4-6-9-15/h4-11,17H,12-14H2,1-3H3. The van der Waals surface area contributed by atoms with Gasteiger partial charge in [0.25, 0.3) is 5.91 Å². The fourth-order valence-corrected chi connectivity index (χ4v) is 4.62. The first kappa shape index (κ1) is 16.4. The first-order chi connectivity index (χ1) is 12.0. The van der Waals surface area contributed by atoms with Crippen molar-refractivity contribution in [2.24, 2.45) is 12.5 Å². The highest BCUT2D eigenvalue weighted by atomic mass is 16.7. The van der Waals surface area contributed by atoms with E-state index in [0.717, 1.165) is 25.1 Å². The molecule has 5 heteroatoms. The van der Waals surface area contributed by atoms with Crippen LogP contribution in [0.1, 0.15) is 34.9 Å². The molecule has 1 aromatic heterocycles. The maximum atomic E-state index is 13.1. The van der Waals surface area contributed by atoms with Crippen molar-refractivity contribution in [3.8, 4) is 0 Å². The Kier molecular flexibility index (Phi) is 3.74. The van der Waals surface area contributed by atoms with Gasteiger partial charge in [-0.1, -0.05) is 30.3 Å². The van der Waals surface area contributed by atoms with Crippen LogP contribution in [-0.2, 0) is 16.5 Å². The summed E-state index contributed by atoms with van der Waals surface area (Å²) in [7, 11) is 5.30. The van der Waals surface area contributed by atoms with Gasteiger partial charge in [0.15, 0.2) is 5.79 Å². The molecule has 0 radical (unpaired) electrons. The van der Waals surface area contributed by atoms with Crippen molar-refractivity contribution in [2.75, 3.05) is 20.8 Å². The number of aromatic nitrogens is 1. The maximum absolute atomic E-state index is 13.1. The fraction of sp³-hybridized carbons (Fsp3) is 0.450. The van der Waals surface area contributed by atoms with E-state index in [-0.39, 0.29) is 17.4 Å². The molecule has 1 aliphatic heterocycles. The van der Waals surface area contributed by atoms with Crippen molar-refractivity contribution in [1.29, 1.82) is 0 Å². The molecule has 2 aromatic rings. The van der Waals surface area contributed by atoms with Crippen molar-refractivity contribution in [3.63, 3.8) is 0 Å². The first-order valence-corrected chi connectivity index (χ1v) is 8.62. The number of carbonyl (C=O) groups excluding carboxylic acids is 1. The van der Waals surface area contributed by atoms with Gasteiger partial charge in [-0.3, -0.25) is 4.79 Å². The van der Waals surface area contributed by atoms with E-state index in [1.165, 1.54) is 5.56 Å². The second-order valence-corrected chi connectivity index (χ2v) is 7.29. The summed E-state index contributed by atoms with van der Waals surface area (Å²) in [6.45, 7) is 0.741. The number of methoxy groups -OCH3 is 2. The molecule has 1 amide bonds. The number of ether oxygens (including phenoxy) is 2. The van der Waals surface area contributed by atoms with Gasteiger partial charge in [0.2, 0.25) is 0 Å². The number of benzene rings is 1. The number of rotatable bonds is 4. The maximum Gasteiger partial charge on any atom is 0.271 e. The van der Waals surface area contributed by atoms with Crippen molar-refractivity contribution in [2.45, 2.75) is 24.7 Å². The number of likely N-dealkylation sites (tertiary alicyclic amines) is 1. The summed E-state index contributed by atoms with van der Waals surface area (Å²) in [6, 6.07) is 14.1. The Balaban J connectivity index is 1.64. The normalized spacial score (nSPS) is 23.2. The molecular formula is C20H24N2O3. The lowest BCUT2D eigenvalue weighted by Crippen LogP contribution is -2.71. The lowest BCUT2D eigenvalue weighted by Gasteiger charge is -2.67. The van der Waals surface area contributed by atoms with E-state index in [4.69, 9.17) is 9.47 Å². The van der Waals surface area contributed by atoms with Crippen LogP contribution in [0.15, 0.2) is 48.7 Å². The number of hydrogen-bond acceptors (Lipinski definition) is 3. The minimum atomic E-state index is -0.507. The molecule has 25 heavy (non-hydrogen) atoms. The van der Waals surface area contributed by atoms with Crippen molar-refractivity contribution >= 4 is 5.91 Å². The summed E-state index contributed by atoms with van der Waals surface area (Å²) >= 11 is 0. The van der Waals surface area contributed by atoms with E-state index in [9.17, 15) is 4.79 Å². The quantitative estimate of drug-likeness (QED) is 0.804. The summed E-state index contributed by atoms with van der Waals surface area (Å²) in [4.78, 5) is 15.0. The Morgan fingerprint density at radius 1 is 1.08 bits per heavy atom. The smallest absolute Gasteiger partial charge is 0.271 e. The Labute approximate surface area is 148 Å². The van der Waals surface area contributed by atoms with Gasteiger partial charge in [-0.15, -0.1) is 0 Å². The van der Waals surface area contributed by atoms with Crippen LogP contribution in [0, 0.1) is 5.41 Å². The van der Waals surface area contributed by atoms with Gasteiger partial charge in [0, 0.05) is 52.3 Å². The van der Waals surface area contributed by atoms with Gasteiger partial charge >= 0.3 is 0 Å². The molecule has 2 aliphatic rings. The van der Waals surface area contributed by atoms with E-state index in [1.54, 1.807) is 14.2 Å². The molecule has 0 N–H and O–H groups in total. The molecule has 132 valence electrons. The molecule has 4 rings (SSSR count). The van der Waals surface area contributed by atoms with E-state index in [1.807, 2.05) is 53.0 Å². The average Bonchev–Trinajstić information content (AvgIpc) is 3.00. The van der Waals surface area contributed by atoms with E-state index >= 15 is 0 Å². The van der Waals surface area contributed by atoms with Crippen molar-refractivity contribution < 1.29 is 14.3 Å². The van der Waals surface area contributed by atoms with Crippen molar-refractivity contribution in [1.82, 2.24) is 9.47 Å². The molecule has 1 aromatic carbocycles. The number of carbonyl (C=O) groups is 1. The molecule has 2 fully saturated rings. The van der Waals surface area contributed by atoms with Crippen LogP contribution in [0.2, 0.25) is 0 Å². The van der Waals surface area contributed by atoms with Gasteiger partial charge in [-0.25, -0.2) is 0 Å². The van der Waals surface area contributed by atoms with Gasteiger partial charge in [-0.05, 0) is 17.7 Å². The zero-order valence-corrected chi connectivity index (χ0v) is 14.9. The van der Waals surface area contributed by atoms with Crippen LogP contribution in [0.4, 0.5) is 0 Å². The Morgan fingerprint density at radius 3 is 2.32 bits per heavy atom. The lowest BCUT2D eigenvalue weighted by molar-refractivity contribution is -0.330. The highest BCUT2D eigenvalue weighted by molar-refractivity contribution is 5.94. The predicted octanol–water partition coefficient (Wildman–Crippen LogP) is 2.99. The Bertz CT molecular complexity index is 771. The fourth-order valence-electron chi connectivity index (χ4n) is 4.62. The molecule has 0 bridgehead atoms. The van der Waals surface area contributed by atoms with Gasteiger partial charge in [0.1, 0.15) is 5.69 Å². The molecule has 5 nitrogen and oxygen atoms in total. The lowest BCUT2D eigenvalue weighted by atomic mass is 9.53. The van der Waals surface area contributed by atoms with E-state index in [2.05, 4.69) is 12.1 Å². The highest BCUT2D eigenvalue weighted by Crippen LogP contribution is 2.65. The number of hydrogen-bond donors (Lipinski definition) is 0. The van der Waals surface area contributed by atoms with Crippen LogP contribution in [0.25, 0.3) is 0 Å². The third kappa shape index (κ3) is 2.34. The number of aryl methyl sites for hydroxylation is 1. The minimum absolute atomic E-state index is 0.0359. The zero-order chi connectivity index (χ0) is 17.7. The summed E-state index contributed by atoms with van der Waals surface area (Å²) in [5.74, 6) is -0.424. The minimum Gasteiger partial charge on any atom is -0.353 e. The second kappa shape index (κ2) is 5.71. The van der Waals surface area contributed by atoms with Gasteiger partial charge in [0.05, 0.1) is 6.04 Å². The van der Waals surface area contributed by atoms with E-state index < -0.39 is 5.79 Å². The summed E-state index contributed by atoms with van der Waals surface area (Å²) in [5, 5.41) is 0. The molecule has 1 saturated carbocycles. The third-order valence-corrected chi connectivity index (χ3v) is 5.90. The second-order valence-electron chi connectivity index (χ2n) is 7.29. The first-order valence-electron chi connectivity index (χ1n) is 8.62. The van der Waals surface area contributed by atoms with Crippen LogP contribution >= 0.6 is 0 Å². The van der Waals surface area contributed by atoms with Crippen LogP contribution < -0.4 is 0 Å². The monoisotopic (exact) mass is 340 g/mol. The largest absolute Gasteiger partial charge is 0.353 e. The van der Waals surface area contributed by atoms with Crippen LogP contribution in [0.5, 0.6) is 0 Å². The molecule has 2 heterocycles. The molecule has 1 spiro atoms.